The second kappa shape index (κ2) is 8.36. The molecule has 29 heavy (non-hydrogen) atoms. The molecule has 0 atom stereocenters. The highest BCUT2D eigenvalue weighted by atomic mass is 32.2. The van der Waals surface area contributed by atoms with Gasteiger partial charge in [0.2, 0.25) is 0 Å². The minimum atomic E-state index is -0.364. The van der Waals surface area contributed by atoms with E-state index in [2.05, 4.69) is 10.3 Å². The summed E-state index contributed by atoms with van der Waals surface area (Å²) in [7, 11) is 1.36. The van der Waals surface area contributed by atoms with Crippen LogP contribution < -0.4 is 5.32 Å². The number of thiazole rings is 1. The third kappa shape index (κ3) is 4.05. The summed E-state index contributed by atoms with van der Waals surface area (Å²) < 4.78 is 5.78. The van der Waals surface area contributed by atoms with Crippen LogP contribution in [0.1, 0.15) is 20.0 Å². The van der Waals surface area contributed by atoms with Crippen molar-refractivity contribution < 1.29 is 14.3 Å². The Morgan fingerprint density at radius 2 is 1.90 bits per heavy atom. The highest BCUT2D eigenvalue weighted by molar-refractivity contribution is 8.00. The molecule has 2 aromatic heterocycles. The third-order valence-corrected chi connectivity index (χ3v) is 7.29. The maximum atomic E-state index is 12.7. The van der Waals surface area contributed by atoms with Gasteiger partial charge in [0, 0.05) is 16.5 Å². The average Bonchev–Trinajstić information content (AvgIpc) is 3.39. The number of benzene rings is 2. The Balaban J connectivity index is 1.57. The van der Waals surface area contributed by atoms with Gasteiger partial charge in [-0.1, -0.05) is 30.3 Å². The van der Waals surface area contributed by atoms with E-state index in [4.69, 9.17) is 4.74 Å². The zero-order chi connectivity index (χ0) is 20.4. The molecular weight excluding hydrogens is 424 g/mol. The summed E-state index contributed by atoms with van der Waals surface area (Å²) in [6.07, 6.45) is 1.95. The standard InChI is InChI=1S/C21H16N2O3S3/c1-26-19(25)17-10-15(20(27-2)29-17)16-11-28-21(22-16)23-18(24)14-8-7-12-5-3-4-6-13(12)9-14/h3-11H,1-2H3,(H,22,23,24). The van der Waals surface area contributed by atoms with E-state index in [0.29, 0.717) is 15.6 Å². The molecule has 0 fully saturated rings. The van der Waals surface area contributed by atoms with Gasteiger partial charge in [-0.3, -0.25) is 10.1 Å². The monoisotopic (exact) mass is 440 g/mol. The van der Waals surface area contributed by atoms with E-state index in [1.165, 1.54) is 29.8 Å². The number of aromatic nitrogens is 1. The summed E-state index contributed by atoms with van der Waals surface area (Å²) in [5.41, 5.74) is 2.17. The number of esters is 1. The fraction of sp³-hybridized carbons (Fsp3) is 0.0952. The molecular formula is C21H16N2O3S3. The van der Waals surface area contributed by atoms with E-state index in [1.54, 1.807) is 23.9 Å². The van der Waals surface area contributed by atoms with Crippen molar-refractivity contribution in [2.45, 2.75) is 4.21 Å². The third-order valence-electron chi connectivity index (χ3n) is 4.28. The lowest BCUT2D eigenvalue weighted by molar-refractivity contribution is 0.0606. The number of nitrogens with zero attached hydrogens (tertiary/aromatic N) is 1. The van der Waals surface area contributed by atoms with Gasteiger partial charge in [-0.15, -0.1) is 34.4 Å². The fourth-order valence-corrected chi connectivity index (χ4v) is 5.37. The van der Waals surface area contributed by atoms with Gasteiger partial charge < -0.3 is 4.74 Å². The van der Waals surface area contributed by atoms with E-state index < -0.39 is 0 Å². The topological polar surface area (TPSA) is 68.3 Å². The minimum Gasteiger partial charge on any atom is -0.465 e. The van der Waals surface area contributed by atoms with Crippen LogP contribution in [-0.2, 0) is 4.74 Å². The summed E-state index contributed by atoms with van der Waals surface area (Å²) >= 11 is 4.27. The molecule has 2 aromatic carbocycles. The van der Waals surface area contributed by atoms with Gasteiger partial charge in [0.05, 0.1) is 17.0 Å². The summed E-state index contributed by atoms with van der Waals surface area (Å²) in [5.74, 6) is -0.570. The average molecular weight is 441 g/mol. The zero-order valence-electron chi connectivity index (χ0n) is 15.6. The van der Waals surface area contributed by atoms with Crippen molar-refractivity contribution in [1.29, 1.82) is 0 Å². The number of anilines is 1. The molecule has 4 rings (SSSR count). The van der Waals surface area contributed by atoms with Crippen LogP contribution in [0.5, 0.6) is 0 Å². The first kappa shape index (κ1) is 19.6. The normalized spacial score (nSPS) is 10.8. The van der Waals surface area contributed by atoms with Gasteiger partial charge in [-0.2, -0.15) is 0 Å². The first-order chi connectivity index (χ1) is 14.1. The molecule has 0 radical (unpaired) electrons. The van der Waals surface area contributed by atoms with Crippen molar-refractivity contribution in [2.75, 3.05) is 18.7 Å². The van der Waals surface area contributed by atoms with Crippen molar-refractivity contribution >= 4 is 62.2 Å². The van der Waals surface area contributed by atoms with Crippen LogP contribution in [0.3, 0.4) is 0 Å². The smallest absolute Gasteiger partial charge is 0.348 e. The molecule has 0 aliphatic carbocycles. The lowest BCUT2D eigenvalue weighted by atomic mass is 10.1. The number of carbonyl (C=O) groups excluding carboxylic acids is 2. The number of rotatable bonds is 5. The van der Waals surface area contributed by atoms with Gasteiger partial charge in [0.1, 0.15) is 4.88 Å². The zero-order valence-corrected chi connectivity index (χ0v) is 18.0. The van der Waals surface area contributed by atoms with E-state index in [9.17, 15) is 9.59 Å². The first-order valence-electron chi connectivity index (χ1n) is 8.61. The number of nitrogens with one attached hydrogen (secondary N) is 1. The molecule has 146 valence electrons. The number of amides is 1. The number of hydrogen-bond donors (Lipinski definition) is 1. The van der Waals surface area contributed by atoms with Crippen LogP contribution in [0.25, 0.3) is 22.0 Å². The minimum absolute atomic E-state index is 0.206. The Morgan fingerprint density at radius 1 is 1.10 bits per heavy atom. The van der Waals surface area contributed by atoms with Crippen molar-refractivity contribution in [3.8, 4) is 11.3 Å². The SMILES string of the molecule is COC(=O)c1cc(-c2csc(NC(=O)c3ccc4ccccc4c3)n2)c(SC)s1. The van der Waals surface area contributed by atoms with E-state index >= 15 is 0 Å². The molecule has 5 nitrogen and oxygen atoms in total. The molecule has 0 unspecified atom stereocenters. The van der Waals surface area contributed by atoms with Crippen LogP contribution in [-0.4, -0.2) is 30.2 Å². The Bertz CT molecular complexity index is 1210. The van der Waals surface area contributed by atoms with E-state index in [0.717, 1.165) is 26.2 Å². The Hall–Kier alpha value is -2.68. The molecule has 2 heterocycles. The number of thiophene rings is 1. The van der Waals surface area contributed by atoms with Gasteiger partial charge in [0.25, 0.3) is 5.91 Å². The van der Waals surface area contributed by atoms with Crippen LogP contribution in [0.15, 0.2) is 58.1 Å². The fourth-order valence-electron chi connectivity index (χ4n) is 2.86. The number of hydrogen-bond acceptors (Lipinski definition) is 7. The summed E-state index contributed by atoms with van der Waals surface area (Å²) in [6, 6.07) is 15.3. The molecule has 0 saturated carbocycles. The molecule has 0 bridgehead atoms. The number of fused-ring (bicyclic) bond motifs is 1. The maximum Gasteiger partial charge on any atom is 0.348 e. The van der Waals surface area contributed by atoms with Crippen molar-refractivity contribution in [2.24, 2.45) is 0 Å². The van der Waals surface area contributed by atoms with Crippen molar-refractivity contribution in [1.82, 2.24) is 4.98 Å². The second-order valence-corrected chi connectivity index (χ2v) is 9.05. The molecule has 1 amide bonds. The highest BCUT2D eigenvalue weighted by Gasteiger charge is 2.18. The first-order valence-corrected chi connectivity index (χ1v) is 11.5. The van der Waals surface area contributed by atoms with E-state index in [-0.39, 0.29) is 11.9 Å². The highest BCUT2D eigenvalue weighted by Crippen LogP contribution is 2.39. The molecule has 8 heteroatoms. The lowest BCUT2D eigenvalue weighted by Gasteiger charge is -2.04. The molecule has 4 aromatic rings. The Morgan fingerprint density at radius 3 is 2.66 bits per heavy atom. The molecule has 1 N–H and O–H groups in total. The van der Waals surface area contributed by atoms with Crippen molar-refractivity contribution in [3.63, 3.8) is 0 Å². The van der Waals surface area contributed by atoms with Crippen LogP contribution in [0.4, 0.5) is 5.13 Å². The van der Waals surface area contributed by atoms with Gasteiger partial charge in [-0.25, -0.2) is 9.78 Å². The molecule has 0 aliphatic heterocycles. The van der Waals surface area contributed by atoms with Crippen LogP contribution in [0.2, 0.25) is 0 Å². The summed E-state index contributed by atoms with van der Waals surface area (Å²) in [5, 5.41) is 7.35. The van der Waals surface area contributed by atoms with Gasteiger partial charge >= 0.3 is 5.97 Å². The predicted octanol–water partition coefficient (Wildman–Crippen LogP) is 5.79. The number of thioether (sulfide) groups is 1. The summed E-state index contributed by atoms with van der Waals surface area (Å²) in [4.78, 5) is 29.6. The van der Waals surface area contributed by atoms with E-state index in [1.807, 2.05) is 48.0 Å². The number of ether oxygens (including phenoxy) is 1. The molecule has 0 aliphatic rings. The Labute approximate surface area is 179 Å². The predicted molar refractivity (Wildman–Crippen MR) is 120 cm³/mol. The van der Waals surface area contributed by atoms with Crippen molar-refractivity contribution in [3.05, 3.63) is 64.4 Å². The number of carbonyl (C=O) groups is 2. The Kier molecular flexibility index (Phi) is 5.66. The van der Waals surface area contributed by atoms with Crippen LogP contribution in [0, 0.1) is 0 Å². The molecule has 0 spiro atoms. The molecule has 0 saturated heterocycles. The lowest BCUT2D eigenvalue weighted by Crippen LogP contribution is -2.11. The van der Waals surface area contributed by atoms with Gasteiger partial charge in [0.15, 0.2) is 5.13 Å². The summed E-state index contributed by atoms with van der Waals surface area (Å²) in [6.45, 7) is 0. The number of methoxy groups -OCH3 is 1. The van der Waals surface area contributed by atoms with Gasteiger partial charge in [-0.05, 0) is 35.2 Å². The maximum absolute atomic E-state index is 12.7. The largest absolute Gasteiger partial charge is 0.465 e. The van der Waals surface area contributed by atoms with Crippen LogP contribution >= 0.6 is 34.4 Å². The second-order valence-electron chi connectivity index (χ2n) is 6.06. The quantitative estimate of drug-likeness (QED) is 0.314.